The summed E-state index contributed by atoms with van der Waals surface area (Å²) in [5.74, 6) is -0.447. The minimum atomic E-state index is -3.07. The third-order valence-corrected chi connectivity index (χ3v) is 5.54. The zero-order valence-corrected chi connectivity index (χ0v) is 18.3. The maximum Gasteiger partial charge on any atom is 0.388 e. The molecule has 1 aromatic heterocycles. The Labute approximate surface area is 185 Å². The number of hydrogen-bond donors (Lipinski definition) is 2. The molecule has 1 aliphatic carbocycles. The van der Waals surface area contributed by atoms with Crippen molar-refractivity contribution in [2.24, 2.45) is 11.7 Å². The summed E-state index contributed by atoms with van der Waals surface area (Å²) in [5, 5.41) is 2.69. The molecule has 1 saturated carbocycles. The summed E-state index contributed by atoms with van der Waals surface area (Å²) in [7, 11) is 0. The van der Waals surface area contributed by atoms with Crippen molar-refractivity contribution >= 4 is 23.3 Å². The van der Waals surface area contributed by atoms with Crippen molar-refractivity contribution in [1.82, 2.24) is 4.98 Å². The number of carbonyl (C=O) groups excluding carboxylic acids is 2. The van der Waals surface area contributed by atoms with Gasteiger partial charge in [0.25, 0.3) is 0 Å². The van der Waals surface area contributed by atoms with Gasteiger partial charge in [-0.3, -0.25) is 9.69 Å². The molecule has 3 N–H and O–H groups in total. The average Bonchev–Trinajstić information content (AvgIpc) is 2.68. The van der Waals surface area contributed by atoms with E-state index in [1.54, 1.807) is 17.9 Å². The molecule has 1 fully saturated rings. The molecule has 3 rings (SSSR count). The first-order valence-corrected chi connectivity index (χ1v) is 10.6. The van der Waals surface area contributed by atoms with E-state index in [9.17, 15) is 18.4 Å². The van der Waals surface area contributed by atoms with Gasteiger partial charge >= 0.3 is 12.6 Å². The first-order valence-electron chi connectivity index (χ1n) is 10.6. The molecule has 1 aliphatic rings. The van der Waals surface area contributed by atoms with Crippen LogP contribution in [0.25, 0.3) is 0 Å². The second kappa shape index (κ2) is 9.93. The fourth-order valence-corrected chi connectivity index (χ4v) is 4.01. The Hall–Kier alpha value is -3.23. The average molecular weight is 446 g/mol. The second-order valence-electron chi connectivity index (χ2n) is 8.36. The molecule has 32 heavy (non-hydrogen) atoms. The number of aryl methyl sites for hydroxylation is 1. The predicted octanol–water partition coefficient (Wildman–Crippen LogP) is 4.81. The summed E-state index contributed by atoms with van der Waals surface area (Å²) in [5.41, 5.74) is 7.57. The van der Waals surface area contributed by atoms with Crippen LogP contribution < -0.4 is 20.7 Å². The lowest BCUT2D eigenvalue weighted by molar-refractivity contribution is -0.119. The molecule has 172 valence electrons. The number of rotatable bonds is 8. The normalized spacial score (nSPS) is 17.7. The van der Waals surface area contributed by atoms with E-state index in [0.717, 1.165) is 11.3 Å². The lowest BCUT2D eigenvalue weighted by Crippen LogP contribution is -2.50. The molecule has 7 nitrogen and oxygen atoms in total. The number of halogens is 2. The molecule has 0 aliphatic heterocycles. The number of amides is 3. The van der Waals surface area contributed by atoms with Crippen molar-refractivity contribution in [1.29, 1.82) is 0 Å². The standard InChI is InChI=1S/C23H28F2N4O3/c1-13(2)17-6-4-5-7-19(17)29(16-10-15(11-16)12-20(26)30)23(31)28-18-9-8-14(3)27-21(18)32-22(24)25/h4-9,13,15-16,22H,10-12H2,1-3H3,(H2,26,30)(H,28,31). The van der Waals surface area contributed by atoms with Gasteiger partial charge in [0.05, 0.1) is 0 Å². The van der Waals surface area contributed by atoms with Crippen LogP contribution in [-0.2, 0) is 4.79 Å². The van der Waals surface area contributed by atoms with Crippen LogP contribution >= 0.6 is 0 Å². The number of hydrogen-bond acceptors (Lipinski definition) is 4. The summed E-state index contributed by atoms with van der Waals surface area (Å²) >= 11 is 0. The molecule has 9 heteroatoms. The molecule has 3 amide bonds. The summed E-state index contributed by atoms with van der Waals surface area (Å²) in [6.07, 6.45) is 1.51. The zero-order valence-electron chi connectivity index (χ0n) is 18.3. The third-order valence-electron chi connectivity index (χ3n) is 5.54. The number of nitrogens with zero attached hydrogens (tertiary/aromatic N) is 2. The Balaban J connectivity index is 1.91. The number of pyridine rings is 1. The van der Waals surface area contributed by atoms with Crippen LogP contribution in [0.5, 0.6) is 5.88 Å². The van der Waals surface area contributed by atoms with Crippen LogP contribution in [0, 0.1) is 12.8 Å². The number of alkyl halides is 2. The van der Waals surface area contributed by atoms with Gasteiger partial charge in [0.2, 0.25) is 11.8 Å². The molecule has 1 aromatic carbocycles. The Kier molecular flexibility index (Phi) is 7.27. The number of benzene rings is 1. The van der Waals surface area contributed by atoms with Gasteiger partial charge in [-0.25, -0.2) is 9.78 Å². The first kappa shape index (κ1) is 23.4. The summed E-state index contributed by atoms with van der Waals surface area (Å²) in [4.78, 5) is 30.3. The topological polar surface area (TPSA) is 97.6 Å². The zero-order chi connectivity index (χ0) is 23.4. The van der Waals surface area contributed by atoms with Crippen LogP contribution in [-0.4, -0.2) is 29.6 Å². The van der Waals surface area contributed by atoms with E-state index in [0.29, 0.717) is 18.5 Å². The van der Waals surface area contributed by atoms with Crippen molar-refractivity contribution in [2.75, 3.05) is 10.2 Å². The number of carbonyl (C=O) groups is 2. The van der Waals surface area contributed by atoms with Crippen LogP contribution in [0.1, 0.15) is 50.3 Å². The van der Waals surface area contributed by atoms with Gasteiger partial charge in [0.15, 0.2) is 0 Å². The first-order chi connectivity index (χ1) is 15.2. The minimum absolute atomic E-state index is 0.0564. The largest absolute Gasteiger partial charge is 0.415 e. The molecular weight excluding hydrogens is 418 g/mol. The van der Waals surface area contributed by atoms with Crippen LogP contribution in [0.15, 0.2) is 36.4 Å². The molecule has 0 saturated heterocycles. The fraction of sp³-hybridized carbons (Fsp3) is 0.435. The maximum atomic E-state index is 13.4. The Morgan fingerprint density at radius 1 is 1.22 bits per heavy atom. The van der Waals surface area contributed by atoms with Crippen LogP contribution in [0.4, 0.5) is 25.0 Å². The number of nitrogens with one attached hydrogen (secondary N) is 1. The summed E-state index contributed by atoms with van der Waals surface area (Å²) in [6, 6.07) is 10.0. The highest BCUT2D eigenvalue weighted by Crippen LogP contribution is 2.39. The highest BCUT2D eigenvalue weighted by molar-refractivity contribution is 6.03. The van der Waals surface area contributed by atoms with Crippen molar-refractivity contribution in [2.45, 2.75) is 58.6 Å². The Bertz CT molecular complexity index is 977. The quantitative estimate of drug-likeness (QED) is 0.608. The molecular formula is C23H28F2N4O3. The number of urea groups is 1. The molecule has 2 aromatic rings. The number of nitrogens with two attached hydrogens (primary N) is 1. The predicted molar refractivity (Wildman–Crippen MR) is 118 cm³/mol. The third kappa shape index (κ3) is 5.52. The second-order valence-corrected chi connectivity index (χ2v) is 8.36. The lowest BCUT2D eigenvalue weighted by Gasteiger charge is -2.43. The van der Waals surface area contributed by atoms with E-state index in [1.807, 2.05) is 38.1 Å². The van der Waals surface area contributed by atoms with E-state index in [4.69, 9.17) is 5.73 Å². The van der Waals surface area contributed by atoms with E-state index in [-0.39, 0.29) is 41.8 Å². The van der Waals surface area contributed by atoms with Crippen molar-refractivity contribution in [3.05, 3.63) is 47.7 Å². The van der Waals surface area contributed by atoms with Gasteiger partial charge < -0.3 is 15.8 Å². The number of para-hydroxylation sites is 1. The van der Waals surface area contributed by atoms with Crippen molar-refractivity contribution in [3.63, 3.8) is 0 Å². The minimum Gasteiger partial charge on any atom is -0.415 e. The number of anilines is 2. The Morgan fingerprint density at radius 2 is 1.91 bits per heavy atom. The molecule has 0 atom stereocenters. The van der Waals surface area contributed by atoms with Gasteiger partial charge in [0.1, 0.15) is 5.69 Å². The van der Waals surface area contributed by atoms with Crippen molar-refractivity contribution < 1.29 is 23.1 Å². The SMILES string of the molecule is Cc1ccc(NC(=O)N(c2ccccc2C(C)C)C2CC(CC(N)=O)C2)c(OC(F)F)n1. The van der Waals surface area contributed by atoms with E-state index < -0.39 is 12.6 Å². The van der Waals surface area contributed by atoms with Gasteiger partial charge in [-0.05, 0) is 55.4 Å². The van der Waals surface area contributed by atoms with Crippen LogP contribution in [0.3, 0.4) is 0 Å². The van der Waals surface area contributed by atoms with Gasteiger partial charge in [0, 0.05) is 23.8 Å². The highest BCUT2D eigenvalue weighted by Gasteiger charge is 2.38. The molecule has 1 heterocycles. The molecule has 0 radical (unpaired) electrons. The highest BCUT2D eigenvalue weighted by atomic mass is 19.3. The molecule has 0 spiro atoms. The Morgan fingerprint density at radius 3 is 2.53 bits per heavy atom. The fourth-order valence-electron chi connectivity index (χ4n) is 4.01. The monoisotopic (exact) mass is 446 g/mol. The van der Waals surface area contributed by atoms with Gasteiger partial charge in [-0.2, -0.15) is 8.78 Å². The van der Waals surface area contributed by atoms with Crippen molar-refractivity contribution in [3.8, 4) is 5.88 Å². The summed E-state index contributed by atoms with van der Waals surface area (Å²) in [6.45, 7) is 2.63. The van der Waals surface area contributed by atoms with E-state index >= 15 is 0 Å². The number of ether oxygens (including phenoxy) is 1. The van der Waals surface area contributed by atoms with Gasteiger partial charge in [-0.1, -0.05) is 32.0 Å². The number of aromatic nitrogens is 1. The molecule has 0 bridgehead atoms. The van der Waals surface area contributed by atoms with Crippen LogP contribution in [0.2, 0.25) is 0 Å². The smallest absolute Gasteiger partial charge is 0.388 e. The van der Waals surface area contributed by atoms with E-state index in [2.05, 4.69) is 15.0 Å². The van der Waals surface area contributed by atoms with E-state index in [1.165, 1.54) is 6.07 Å². The number of primary amides is 1. The van der Waals surface area contributed by atoms with Gasteiger partial charge in [-0.15, -0.1) is 0 Å². The maximum absolute atomic E-state index is 13.4. The summed E-state index contributed by atoms with van der Waals surface area (Å²) < 4.78 is 30.2. The lowest BCUT2D eigenvalue weighted by atomic mass is 9.77. The molecule has 0 unspecified atom stereocenters.